The van der Waals surface area contributed by atoms with Crippen molar-refractivity contribution in [3.63, 3.8) is 0 Å². The summed E-state index contributed by atoms with van der Waals surface area (Å²) in [6, 6.07) is 8.77. The molecular weight excluding hydrogens is 449 g/mol. The third kappa shape index (κ3) is 5.00. The molecule has 1 saturated heterocycles. The number of ether oxygens (including phenoxy) is 2. The van der Waals surface area contributed by atoms with Crippen LogP contribution in [0.5, 0.6) is 11.5 Å². The zero-order chi connectivity index (χ0) is 22.7. The molecule has 0 radical (unpaired) electrons. The summed E-state index contributed by atoms with van der Waals surface area (Å²) < 4.78 is 24.6. The van der Waals surface area contributed by atoms with Gasteiger partial charge < -0.3 is 14.6 Å². The molecule has 10 heteroatoms. The van der Waals surface area contributed by atoms with E-state index in [1.165, 1.54) is 44.4 Å². The minimum Gasteiger partial charge on any atom is -0.493 e. The van der Waals surface area contributed by atoms with E-state index in [2.05, 4.69) is 0 Å². The van der Waals surface area contributed by atoms with E-state index < -0.39 is 29.0 Å². The number of carbonyl (C=O) groups excluding carboxylic acids is 2. The second-order valence-electron chi connectivity index (χ2n) is 6.48. The predicted molar refractivity (Wildman–Crippen MR) is 114 cm³/mol. The highest BCUT2D eigenvalue weighted by Gasteiger charge is 2.36. The molecule has 0 aliphatic carbocycles. The first-order valence-corrected chi connectivity index (χ1v) is 10.2. The Morgan fingerprint density at radius 3 is 2.68 bits per heavy atom. The molecule has 1 aliphatic heterocycles. The van der Waals surface area contributed by atoms with Gasteiger partial charge in [0.25, 0.3) is 11.1 Å². The van der Waals surface area contributed by atoms with E-state index in [0.717, 1.165) is 16.7 Å². The van der Waals surface area contributed by atoms with Gasteiger partial charge in [0.15, 0.2) is 17.6 Å². The van der Waals surface area contributed by atoms with Crippen LogP contribution in [0.15, 0.2) is 41.3 Å². The van der Waals surface area contributed by atoms with Crippen LogP contribution in [-0.2, 0) is 16.1 Å². The summed E-state index contributed by atoms with van der Waals surface area (Å²) in [5.74, 6) is -1.83. The second kappa shape index (κ2) is 9.40. The summed E-state index contributed by atoms with van der Waals surface area (Å²) in [5, 5.41) is 8.57. The zero-order valence-corrected chi connectivity index (χ0v) is 18.0. The smallest absolute Gasteiger partial charge is 0.344 e. The van der Waals surface area contributed by atoms with Crippen molar-refractivity contribution in [1.29, 1.82) is 0 Å². The van der Waals surface area contributed by atoms with Gasteiger partial charge in [0.1, 0.15) is 5.82 Å². The Balaban J connectivity index is 1.83. The highest BCUT2D eigenvalue weighted by atomic mass is 35.5. The van der Waals surface area contributed by atoms with Gasteiger partial charge in [-0.05, 0) is 54.6 Å². The molecule has 2 amide bonds. The van der Waals surface area contributed by atoms with Crippen molar-refractivity contribution in [2.45, 2.75) is 19.6 Å². The molecule has 1 atom stereocenters. The normalized spacial score (nSPS) is 16.0. The van der Waals surface area contributed by atoms with E-state index in [9.17, 15) is 18.8 Å². The van der Waals surface area contributed by atoms with Gasteiger partial charge in [-0.2, -0.15) is 0 Å². The van der Waals surface area contributed by atoms with Crippen LogP contribution in [0.1, 0.15) is 18.1 Å². The Morgan fingerprint density at radius 2 is 2.03 bits per heavy atom. The molecule has 162 valence electrons. The molecular formula is C21H17ClFNO6S. The first-order valence-electron chi connectivity index (χ1n) is 8.97. The lowest BCUT2D eigenvalue weighted by Gasteiger charge is -2.14. The summed E-state index contributed by atoms with van der Waals surface area (Å²) in [7, 11) is 1.39. The molecule has 1 fully saturated rings. The molecule has 2 aromatic rings. The number of halogens is 2. The van der Waals surface area contributed by atoms with Gasteiger partial charge in [-0.15, -0.1) is 0 Å². The molecule has 0 unspecified atom stereocenters. The van der Waals surface area contributed by atoms with Crippen molar-refractivity contribution in [3.05, 3.63) is 63.3 Å². The van der Waals surface area contributed by atoms with Crippen LogP contribution < -0.4 is 9.47 Å². The number of hydrogen-bond donors (Lipinski definition) is 1. The van der Waals surface area contributed by atoms with Crippen LogP contribution in [-0.4, -0.2) is 40.3 Å². The van der Waals surface area contributed by atoms with E-state index in [1.54, 1.807) is 12.1 Å². The lowest BCUT2D eigenvalue weighted by molar-refractivity contribution is -0.144. The third-order valence-corrected chi connectivity index (χ3v) is 5.65. The van der Waals surface area contributed by atoms with E-state index in [-0.39, 0.29) is 33.5 Å². The number of imide groups is 1. The van der Waals surface area contributed by atoms with Crippen LogP contribution in [0.25, 0.3) is 6.08 Å². The average molecular weight is 466 g/mol. The van der Waals surface area contributed by atoms with E-state index >= 15 is 0 Å². The number of amides is 2. The minimum absolute atomic E-state index is 0.0587. The fraction of sp³-hybridized carbons (Fsp3) is 0.190. The molecule has 0 spiro atoms. The molecule has 2 aromatic carbocycles. The number of nitrogens with zero attached hydrogens (tertiary/aromatic N) is 1. The maximum absolute atomic E-state index is 14.0. The van der Waals surface area contributed by atoms with Crippen molar-refractivity contribution in [3.8, 4) is 11.5 Å². The maximum atomic E-state index is 14.0. The van der Waals surface area contributed by atoms with Gasteiger partial charge in [-0.3, -0.25) is 14.5 Å². The number of carbonyl (C=O) groups is 3. The molecule has 1 N–H and O–H groups in total. The van der Waals surface area contributed by atoms with E-state index in [1.807, 2.05) is 0 Å². The van der Waals surface area contributed by atoms with Crippen LogP contribution in [0.2, 0.25) is 5.02 Å². The number of carboxylic acids is 1. The summed E-state index contributed by atoms with van der Waals surface area (Å²) in [6.45, 7) is 1.10. The lowest BCUT2D eigenvalue weighted by atomic mass is 10.1. The average Bonchev–Trinajstić information content (AvgIpc) is 2.98. The van der Waals surface area contributed by atoms with Crippen molar-refractivity contribution in [2.75, 3.05) is 7.11 Å². The van der Waals surface area contributed by atoms with Crippen LogP contribution in [0, 0.1) is 5.82 Å². The van der Waals surface area contributed by atoms with Crippen molar-refractivity contribution >= 4 is 46.6 Å². The summed E-state index contributed by atoms with van der Waals surface area (Å²) in [5.41, 5.74) is 0.588. The number of carboxylic acid groups (broad SMARTS) is 1. The number of hydrogen-bond acceptors (Lipinski definition) is 6. The fourth-order valence-electron chi connectivity index (χ4n) is 2.74. The molecule has 0 saturated carbocycles. The van der Waals surface area contributed by atoms with Crippen molar-refractivity contribution in [2.24, 2.45) is 0 Å². The molecule has 0 aromatic heterocycles. The quantitative estimate of drug-likeness (QED) is 0.598. The third-order valence-electron chi connectivity index (χ3n) is 4.39. The Hall–Kier alpha value is -3.04. The van der Waals surface area contributed by atoms with E-state index in [4.69, 9.17) is 26.2 Å². The highest BCUT2D eigenvalue weighted by molar-refractivity contribution is 8.18. The number of thioether (sulfide) groups is 1. The van der Waals surface area contributed by atoms with Gasteiger partial charge in [0, 0.05) is 10.6 Å². The monoisotopic (exact) mass is 465 g/mol. The molecule has 31 heavy (non-hydrogen) atoms. The Bertz CT molecular complexity index is 1070. The van der Waals surface area contributed by atoms with Gasteiger partial charge >= 0.3 is 5.97 Å². The SMILES string of the molecule is COc1cc(/C=C2/SC(=O)N(Cc3c(F)cccc3Cl)C2=O)ccc1O[C@H](C)C(=O)O. The van der Waals surface area contributed by atoms with E-state index in [0.29, 0.717) is 5.56 Å². The molecule has 0 bridgehead atoms. The van der Waals surface area contributed by atoms with Crippen LogP contribution >= 0.6 is 23.4 Å². The van der Waals surface area contributed by atoms with Gasteiger partial charge in [-0.25, -0.2) is 9.18 Å². The second-order valence-corrected chi connectivity index (χ2v) is 7.88. The standard InChI is InChI=1S/C21H17ClFNO6S/c1-11(20(26)27)30-16-7-6-12(8-17(16)29-2)9-18-19(25)24(21(28)31-18)10-13-14(22)4-3-5-15(13)23/h3-9,11H,10H2,1-2H3,(H,26,27)/b18-9+/t11-/m1/s1. The molecule has 7 nitrogen and oxygen atoms in total. The first kappa shape index (κ1) is 22.6. The summed E-state index contributed by atoms with van der Waals surface area (Å²) in [6.07, 6.45) is 0.405. The molecule has 3 rings (SSSR count). The lowest BCUT2D eigenvalue weighted by Crippen LogP contribution is -2.28. The van der Waals surface area contributed by atoms with Crippen LogP contribution in [0.4, 0.5) is 9.18 Å². The summed E-state index contributed by atoms with van der Waals surface area (Å²) >= 11 is 6.72. The maximum Gasteiger partial charge on any atom is 0.344 e. The highest BCUT2D eigenvalue weighted by Crippen LogP contribution is 2.36. The number of benzene rings is 2. The van der Waals surface area contributed by atoms with Crippen LogP contribution in [0.3, 0.4) is 0 Å². The number of methoxy groups -OCH3 is 1. The Labute approximate surface area is 186 Å². The Morgan fingerprint density at radius 1 is 1.29 bits per heavy atom. The predicted octanol–water partition coefficient (Wildman–Crippen LogP) is 4.58. The molecule has 1 heterocycles. The Kier molecular flexibility index (Phi) is 6.87. The van der Waals surface area contributed by atoms with Gasteiger partial charge in [-0.1, -0.05) is 23.7 Å². The number of aliphatic carboxylic acids is 1. The topological polar surface area (TPSA) is 93.1 Å². The first-order chi connectivity index (χ1) is 14.7. The van der Waals surface area contributed by atoms with Gasteiger partial charge in [0.05, 0.1) is 18.6 Å². The van der Waals surface area contributed by atoms with Gasteiger partial charge in [0.2, 0.25) is 0 Å². The minimum atomic E-state index is -1.13. The number of rotatable bonds is 7. The summed E-state index contributed by atoms with van der Waals surface area (Å²) in [4.78, 5) is 37.1. The fourth-order valence-corrected chi connectivity index (χ4v) is 3.80. The largest absolute Gasteiger partial charge is 0.493 e. The van der Waals surface area contributed by atoms with Crippen molar-refractivity contribution in [1.82, 2.24) is 4.90 Å². The molecule has 1 aliphatic rings. The zero-order valence-electron chi connectivity index (χ0n) is 16.4. The van der Waals surface area contributed by atoms with Crippen molar-refractivity contribution < 1.29 is 33.4 Å².